The SMILES string of the molecule is O=C(O)CN(CC1CCC1)c1cccc(Cl)c1. The Hall–Kier alpha value is -1.22. The molecule has 1 aliphatic carbocycles. The Morgan fingerprint density at radius 2 is 2.24 bits per heavy atom. The largest absolute Gasteiger partial charge is 0.480 e. The molecule has 0 aromatic heterocycles. The van der Waals surface area contributed by atoms with Crippen LogP contribution in [-0.4, -0.2) is 24.2 Å². The molecule has 0 heterocycles. The third kappa shape index (κ3) is 3.37. The van der Waals surface area contributed by atoms with Gasteiger partial charge in [0.2, 0.25) is 0 Å². The lowest BCUT2D eigenvalue weighted by molar-refractivity contribution is -0.135. The highest BCUT2D eigenvalue weighted by Crippen LogP contribution is 2.29. The molecule has 1 fully saturated rings. The molecule has 1 aromatic carbocycles. The van der Waals surface area contributed by atoms with E-state index in [2.05, 4.69) is 0 Å². The molecular formula is C13H16ClNO2. The van der Waals surface area contributed by atoms with Crippen molar-refractivity contribution in [3.05, 3.63) is 29.3 Å². The number of hydrogen-bond donors (Lipinski definition) is 1. The van der Waals surface area contributed by atoms with Gasteiger partial charge in [0, 0.05) is 17.3 Å². The van der Waals surface area contributed by atoms with Crippen LogP contribution in [0.25, 0.3) is 0 Å². The number of aliphatic carboxylic acids is 1. The van der Waals surface area contributed by atoms with E-state index >= 15 is 0 Å². The van der Waals surface area contributed by atoms with E-state index < -0.39 is 5.97 Å². The molecule has 4 heteroatoms. The van der Waals surface area contributed by atoms with E-state index in [-0.39, 0.29) is 6.54 Å². The summed E-state index contributed by atoms with van der Waals surface area (Å²) in [7, 11) is 0. The first-order valence-corrected chi connectivity index (χ1v) is 6.25. The highest BCUT2D eigenvalue weighted by Gasteiger charge is 2.22. The van der Waals surface area contributed by atoms with Crippen molar-refractivity contribution in [2.24, 2.45) is 5.92 Å². The average molecular weight is 254 g/mol. The number of halogens is 1. The molecule has 0 aliphatic heterocycles. The van der Waals surface area contributed by atoms with Gasteiger partial charge in [-0.3, -0.25) is 4.79 Å². The first kappa shape index (κ1) is 12.2. The van der Waals surface area contributed by atoms with Gasteiger partial charge < -0.3 is 10.0 Å². The Labute approximate surface area is 106 Å². The van der Waals surface area contributed by atoms with Crippen LogP contribution in [0.2, 0.25) is 5.02 Å². The Morgan fingerprint density at radius 3 is 2.76 bits per heavy atom. The third-order valence-corrected chi connectivity index (χ3v) is 3.44. The predicted molar refractivity (Wildman–Crippen MR) is 68.6 cm³/mol. The van der Waals surface area contributed by atoms with Crippen molar-refractivity contribution in [1.29, 1.82) is 0 Å². The minimum absolute atomic E-state index is 0.0385. The van der Waals surface area contributed by atoms with Crippen molar-refractivity contribution in [3.63, 3.8) is 0 Å². The minimum Gasteiger partial charge on any atom is -0.480 e. The van der Waals surface area contributed by atoms with Gasteiger partial charge >= 0.3 is 5.97 Å². The fraction of sp³-hybridized carbons (Fsp3) is 0.462. The van der Waals surface area contributed by atoms with Gasteiger partial charge in [0.05, 0.1) is 0 Å². The third-order valence-electron chi connectivity index (χ3n) is 3.20. The quantitative estimate of drug-likeness (QED) is 0.877. The van der Waals surface area contributed by atoms with Crippen LogP contribution in [0.3, 0.4) is 0 Å². The Bertz CT molecular complexity index is 404. The first-order valence-electron chi connectivity index (χ1n) is 5.87. The van der Waals surface area contributed by atoms with E-state index in [1.54, 1.807) is 6.07 Å². The number of carboxylic acids is 1. The highest BCUT2D eigenvalue weighted by atomic mass is 35.5. The lowest BCUT2D eigenvalue weighted by Gasteiger charge is -2.32. The molecule has 1 aliphatic rings. The maximum atomic E-state index is 10.9. The smallest absolute Gasteiger partial charge is 0.323 e. The topological polar surface area (TPSA) is 40.5 Å². The monoisotopic (exact) mass is 253 g/mol. The number of hydrogen-bond acceptors (Lipinski definition) is 2. The zero-order valence-electron chi connectivity index (χ0n) is 9.60. The molecule has 2 rings (SSSR count). The molecule has 0 bridgehead atoms. The van der Waals surface area contributed by atoms with Gasteiger partial charge in [-0.15, -0.1) is 0 Å². The fourth-order valence-electron chi connectivity index (χ4n) is 2.08. The first-order chi connectivity index (χ1) is 8.15. The summed E-state index contributed by atoms with van der Waals surface area (Å²) in [5, 5.41) is 9.59. The second-order valence-corrected chi connectivity index (χ2v) is 4.99. The van der Waals surface area contributed by atoms with Gasteiger partial charge in [-0.05, 0) is 37.0 Å². The lowest BCUT2D eigenvalue weighted by Crippen LogP contribution is -2.36. The fourth-order valence-corrected chi connectivity index (χ4v) is 2.27. The molecule has 0 amide bonds. The summed E-state index contributed by atoms with van der Waals surface area (Å²) in [4.78, 5) is 12.8. The molecule has 1 aromatic rings. The second kappa shape index (κ2) is 5.41. The zero-order chi connectivity index (χ0) is 12.3. The summed E-state index contributed by atoms with van der Waals surface area (Å²) in [6.45, 7) is 0.851. The average Bonchev–Trinajstić information content (AvgIpc) is 2.21. The van der Waals surface area contributed by atoms with Crippen LogP contribution in [0, 0.1) is 5.92 Å². The van der Waals surface area contributed by atoms with Crippen molar-refractivity contribution in [2.75, 3.05) is 18.0 Å². The normalized spacial score (nSPS) is 15.4. The number of anilines is 1. The van der Waals surface area contributed by atoms with Gasteiger partial charge in [-0.2, -0.15) is 0 Å². The van der Waals surface area contributed by atoms with Crippen molar-refractivity contribution < 1.29 is 9.90 Å². The van der Waals surface area contributed by atoms with Crippen LogP contribution in [-0.2, 0) is 4.79 Å². The molecule has 0 atom stereocenters. The number of rotatable bonds is 5. The predicted octanol–water partition coefficient (Wildman–Crippen LogP) is 3.03. The summed E-state index contributed by atoms with van der Waals surface area (Å²) in [6.07, 6.45) is 3.68. The number of nitrogens with zero attached hydrogens (tertiary/aromatic N) is 1. The molecule has 17 heavy (non-hydrogen) atoms. The van der Waals surface area contributed by atoms with Crippen molar-refractivity contribution in [1.82, 2.24) is 0 Å². The number of carbonyl (C=O) groups is 1. The molecule has 1 N–H and O–H groups in total. The van der Waals surface area contributed by atoms with Crippen molar-refractivity contribution in [3.8, 4) is 0 Å². The maximum Gasteiger partial charge on any atom is 0.323 e. The summed E-state index contributed by atoms with van der Waals surface area (Å²) in [5.74, 6) is -0.169. The van der Waals surface area contributed by atoms with Crippen LogP contribution in [0.15, 0.2) is 24.3 Å². The molecule has 0 spiro atoms. The van der Waals surface area contributed by atoms with Gasteiger partial charge in [-0.25, -0.2) is 0 Å². The lowest BCUT2D eigenvalue weighted by atomic mass is 9.85. The zero-order valence-corrected chi connectivity index (χ0v) is 10.4. The molecule has 3 nitrogen and oxygen atoms in total. The van der Waals surface area contributed by atoms with E-state index in [1.165, 1.54) is 19.3 Å². The molecule has 0 radical (unpaired) electrons. The van der Waals surface area contributed by atoms with E-state index in [9.17, 15) is 4.79 Å². The maximum absolute atomic E-state index is 10.9. The van der Waals surface area contributed by atoms with Crippen LogP contribution < -0.4 is 4.90 Å². The van der Waals surface area contributed by atoms with Gasteiger partial charge in [0.15, 0.2) is 0 Å². The van der Waals surface area contributed by atoms with Crippen molar-refractivity contribution >= 4 is 23.3 Å². The van der Waals surface area contributed by atoms with Crippen molar-refractivity contribution in [2.45, 2.75) is 19.3 Å². The van der Waals surface area contributed by atoms with E-state index in [4.69, 9.17) is 16.7 Å². The Morgan fingerprint density at radius 1 is 1.47 bits per heavy atom. The van der Waals surface area contributed by atoms with Gasteiger partial charge in [0.25, 0.3) is 0 Å². The van der Waals surface area contributed by atoms with Crippen LogP contribution in [0.5, 0.6) is 0 Å². The molecular weight excluding hydrogens is 238 g/mol. The Balaban J connectivity index is 2.10. The summed E-state index contributed by atoms with van der Waals surface area (Å²) < 4.78 is 0. The minimum atomic E-state index is -0.802. The summed E-state index contributed by atoms with van der Waals surface area (Å²) >= 11 is 5.94. The Kier molecular flexibility index (Phi) is 3.89. The van der Waals surface area contributed by atoms with Crippen LogP contribution >= 0.6 is 11.6 Å². The number of carboxylic acid groups (broad SMARTS) is 1. The summed E-state index contributed by atoms with van der Waals surface area (Å²) in [5.41, 5.74) is 0.895. The van der Waals surface area contributed by atoms with E-state index in [0.717, 1.165) is 12.2 Å². The van der Waals surface area contributed by atoms with Crippen LogP contribution in [0.1, 0.15) is 19.3 Å². The van der Waals surface area contributed by atoms with Gasteiger partial charge in [-0.1, -0.05) is 24.1 Å². The molecule has 1 saturated carbocycles. The van der Waals surface area contributed by atoms with Crippen LogP contribution in [0.4, 0.5) is 5.69 Å². The van der Waals surface area contributed by atoms with E-state index in [1.807, 2.05) is 23.1 Å². The number of benzene rings is 1. The molecule has 0 saturated heterocycles. The second-order valence-electron chi connectivity index (χ2n) is 4.55. The standard InChI is InChI=1S/C13H16ClNO2/c14-11-5-2-6-12(7-11)15(9-13(16)17)8-10-3-1-4-10/h2,5-7,10H,1,3-4,8-9H2,(H,16,17). The molecule has 92 valence electrons. The van der Waals surface area contributed by atoms with E-state index in [0.29, 0.717) is 10.9 Å². The van der Waals surface area contributed by atoms with Gasteiger partial charge in [0.1, 0.15) is 6.54 Å². The molecule has 0 unspecified atom stereocenters. The summed E-state index contributed by atoms with van der Waals surface area (Å²) in [6, 6.07) is 7.39. The highest BCUT2D eigenvalue weighted by molar-refractivity contribution is 6.30.